The molecule has 24 heavy (non-hydrogen) atoms. The highest BCUT2D eigenvalue weighted by Gasteiger charge is 2.23. The molecular weight excluding hydrogens is 306 g/mol. The van der Waals surface area contributed by atoms with Gasteiger partial charge >= 0.3 is 6.09 Å². The maximum atomic E-state index is 11.7. The van der Waals surface area contributed by atoms with Crippen LogP contribution in [0.4, 0.5) is 10.5 Å². The lowest BCUT2D eigenvalue weighted by molar-refractivity contribution is 0.181. The summed E-state index contributed by atoms with van der Waals surface area (Å²) >= 11 is 0. The molecule has 1 fully saturated rings. The molecule has 1 amide bonds. The van der Waals surface area contributed by atoms with Gasteiger partial charge in [-0.25, -0.2) is 9.78 Å². The van der Waals surface area contributed by atoms with Gasteiger partial charge in [0.1, 0.15) is 12.4 Å². The Morgan fingerprint density at radius 2 is 2.17 bits per heavy atom. The van der Waals surface area contributed by atoms with Crippen LogP contribution in [-0.2, 0) is 11.3 Å². The van der Waals surface area contributed by atoms with Gasteiger partial charge in [-0.2, -0.15) is 0 Å². The van der Waals surface area contributed by atoms with Crippen molar-refractivity contribution in [1.29, 1.82) is 0 Å². The van der Waals surface area contributed by atoms with Crippen molar-refractivity contribution in [2.24, 2.45) is 0 Å². The number of aromatic nitrogens is 1. The van der Waals surface area contributed by atoms with Crippen molar-refractivity contribution < 1.29 is 13.9 Å². The van der Waals surface area contributed by atoms with Crippen molar-refractivity contribution in [3.63, 3.8) is 0 Å². The molecule has 0 radical (unpaired) electrons. The molecule has 128 valence electrons. The van der Waals surface area contributed by atoms with E-state index in [9.17, 15) is 4.79 Å². The van der Waals surface area contributed by atoms with Gasteiger partial charge in [0.15, 0.2) is 0 Å². The number of carbonyl (C=O) groups excluding carboxylic acids is 1. The number of rotatable bonds is 6. The Morgan fingerprint density at radius 3 is 2.83 bits per heavy atom. The first-order chi connectivity index (χ1) is 11.5. The molecule has 3 rings (SSSR count). The van der Waals surface area contributed by atoms with Crippen molar-refractivity contribution in [3.8, 4) is 0 Å². The van der Waals surface area contributed by atoms with Crippen molar-refractivity contribution in [2.75, 3.05) is 18.1 Å². The van der Waals surface area contributed by atoms with E-state index in [4.69, 9.17) is 9.15 Å². The van der Waals surface area contributed by atoms with Crippen LogP contribution in [0.2, 0.25) is 0 Å². The van der Waals surface area contributed by atoms with Crippen LogP contribution in [0, 0.1) is 0 Å². The van der Waals surface area contributed by atoms with E-state index in [1.54, 1.807) is 11.1 Å². The third-order valence-electron chi connectivity index (χ3n) is 4.14. The first-order valence-electron chi connectivity index (χ1n) is 8.27. The molecule has 6 heteroatoms. The Morgan fingerprint density at radius 1 is 1.33 bits per heavy atom. The molecule has 6 nitrogen and oxygen atoms in total. The Labute approximate surface area is 141 Å². The lowest BCUT2D eigenvalue weighted by atomic mass is 10.1. The fourth-order valence-corrected chi connectivity index (χ4v) is 2.62. The number of cyclic esters (lactones) is 1. The van der Waals surface area contributed by atoms with E-state index < -0.39 is 0 Å². The molecule has 2 heterocycles. The van der Waals surface area contributed by atoms with Crippen molar-refractivity contribution >= 4 is 11.8 Å². The molecular formula is C18H23N3O3. The molecule has 1 aliphatic rings. The SMILES string of the molecule is CC(C)c1cnc(CN[C@@H](C)c2cccc(N3CCOC3=O)c2)o1. The molecule has 1 aromatic heterocycles. The Balaban J connectivity index is 1.64. The number of nitrogens with one attached hydrogen (secondary N) is 1. The number of carbonyl (C=O) groups is 1. The molecule has 2 aromatic rings. The molecule has 1 atom stereocenters. The number of oxazole rings is 1. The van der Waals surface area contributed by atoms with Gasteiger partial charge in [-0.1, -0.05) is 26.0 Å². The summed E-state index contributed by atoms with van der Waals surface area (Å²) in [5, 5.41) is 3.41. The summed E-state index contributed by atoms with van der Waals surface area (Å²) in [6.07, 6.45) is 1.50. The van der Waals surface area contributed by atoms with Crippen molar-refractivity contribution in [3.05, 3.63) is 47.7 Å². The largest absolute Gasteiger partial charge is 0.447 e. The smallest absolute Gasteiger partial charge is 0.414 e. The number of benzene rings is 1. The number of nitrogens with zero attached hydrogens (tertiary/aromatic N) is 2. The lowest BCUT2D eigenvalue weighted by Crippen LogP contribution is -2.24. The minimum absolute atomic E-state index is 0.109. The fraction of sp³-hybridized carbons (Fsp3) is 0.444. The zero-order chi connectivity index (χ0) is 17.1. The number of hydrogen-bond donors (Lipinski definition) is 1. The second-order valence-corrected chi connectivity index (χ2v) is 6.27. The molecule has 0 spiro atoms. The Hall–Kier alpha value is -2.34. The second-order valence-electron chi connectivity index (χ2n) is 6.27. The summed E-state index contributed by atoms with van der Waals surface area (Å²) in [6, 6.07) is 8.04. The highest BCUT2D eigenvalue weighted by Crippen LogP contribution is 2.23. The van der Waals surface area contributed by atoms with Crippen LogP contribution in [0.15, 0.2) is 34.9 Å². The number of anilines is 1. The van der Waals surface area contributed by atoms with Gasteiger partial charge in [0.25, 0.3) is 0 Å². The summed E-state index contributed by atoms with van der Waals surface area (Å²) in [4.78, 5) is 17.6. The fourth-order valence-electron chi connectivity index (χ4n) is 2.62. The molecule has 1 aromatic carbocycles. The quantitative estimate of drug-likeness (QED) is 0.877. The summed E-state index contributed by atoms with van der Waals surface area (Å²) in [5.74, 6) is 1.92. The zero-order valence-corrected chi connectivity index (χ0v) is 14.3. The first kappa shape index (κ1) is 16.5. The minimum atomic E-state index is -0.284. The molecule has 0 aliphatic carbocycles. The second kappa shape index (κ2) is 7.05. The van der Waals surface area contributed by atoms with Crippen molar-refractivity contribution in [2.45, 2.75) is 39.3 Å². The first-order valence-corrected chi connectivity index (χ1v) is 8.27. The highest BCUT2D eigenvalue weighted by molar-refractivity contribution is 5.89. The van der Waals surface area contributed by atoms with Crippen LogP contribution in [0.1, 0.15) is 49.9 Å². The van der Waals surface area contributed by atoms with Gasteiger partial charge in [0.2, 0.25) is 5.89 Å². The van der Waals surface area contributed by atoms with E-state index >= 15 is 0 Å². The average molecular weight is 329 g/mol. The van der Waals surface area contributed by atoms with Crippen LogP contribution in [-0.4, -0.2) is 24.2 Å². The topological polar surface area (TPSA) is 67.6 Å². The van der Waals surface area contributed by atoms with E-state index in [0.29, 0.717) is 31.5 Å². The van der Waals surface area contributed by atoms with E-state index in [0.717, 1.165) is 17.0 Å². The minimum Gasteiger partial charge on any atom is -0.447 e. The maximum absolute atomic E-state index is 11.7. The molecule has 1 aliphatic heterocycles. The third-order valence-corrected chi connectivity index (χ3v) is 4.14. The van der Waals surface area contributed by atoms with Gasteiger partial charge in [-0.05, 0) is 24.6 Å². The van der Waals surface area contributed by atoms with Gasteiger partial charge < -0.3 is 14.5 Å². The molecule has 0 saturated carbocycles. The zero-order valence-electron chi connectivity index (χ0n) is 14.3. The third kappa shape index (κ3) is 3.59. The van der Waals surface area contributed by atoms with Crippen LogP contribution < -0.4 is 10.2 Å². The summed E-state index contributed by atoms with van der Waals surface area (Å²) in [6.45, 7) is 7.83. The molecule has 0 unspecified atom stereocenters. The van der Waals surface area contributed by atoms with Crippen LogP contribution in [0.3, 0.4) is 0 Å². The van der Waals surface area contributed by atoms with Gasteiger partial charge in [-0.3, -0.25) is 4.90 Å². The number of ether oxygens (including phenoxy) is 1. The van der Waals surface area contributed by atoms with E-state index in [-0.39, 0.29) is 12.1 Å². The maximum Gasteiger partial charge on any atom is 0.414 e. The lowest BCUT2D eigenvalue weighted by Gasteiger charge is -2.17. The van der Waals surface area contributed by atoms with Crippen LogP contribution in [0.5, 0.6) is 0 Å². The summed E-state index contributed by atoms with van der Waals surface area (Å²) < 4.78 is 10.7. The Bertz CT molecular complexity index is 711. The van der Waals surface area contributed by atoms with Crippen molar-refractivity contribution in [1.82, 2.24) is 10.3 Å². The standard InChI is InChI=1S/C18H23N3O3/c1-12(2)16-10-20-17(24-16)11-19-13(3)14-5-4-6-15(9-14)21-7-8-23-18(21)22/h4-6,9-10,12-13,19H,7-8,11H2,1-3H3/t13-/m0/s1. The molecule has 1 N–H and O–H groups in total. The predicted octanol–water partition coefficient (Wildman–Crippen LogP) is 3.61. The number of hydrogen-bond acceptors (Lipinski definition) is 5. The van der Waals surface area contributed by atoms with Gasteiger partial charge in [-0.15, -0.1) is 0 Å². The van der Waals surface area contributed by atoms with Gasteiger partial charge in [0, 0.05) is 17.6 Å². The molecule has 0 bridgehead atoms. The highest BCUT2D eigenvalue weighted by atomic mass is 16.6. The average Bonchev–Trinajstić information content (AvgIpc) is 3.21. The van der Waals surface area contributed by atoms with Gasteiger partial charge in [0.05, 0.1) is 19.3 Å². The van der Waals surface area contributed by atoms with E-state index in [1.165, 1.54) is 0 Å². The Kier molecular flexibility index (Phi) is 4.85. The van der Waals surface area contributed by atoms with E-state index in [2.05, 4.69) is 31.1 Å². The van der Waals surface area contributed by atoms with Crippen LogP contribution >= 0.6 is 0 Å². The summed E-state index contributed by atoms with van der Waals surface area (Å²) in [5.41, 5.74) is 1.96. The monoisotopic (exact) mass is 329 g/mol. The summed E-state index contributed by atoms with van der Waals surface area (Å²) in [7, 11) is 0. The predicted molar refractivity (Wildman–Crippen MR) is 91.0 cm³/mol. The van der Waals surface area contributed by atoms with E-state index in [1.807, 2.05) is 24.3 Å². The normalized spacial score (nSPS) is 15.8. The molecule has 1 saturated heterocycles. The van der Waals surface area contributed by atoms with Crippen LogP contribution in [0.25, 0.3) is 0 Å². The number of amides is 1.